The zero-order chi connectivity index (χ0) is 13.1. The standard InChI is InChI=1S/C14H15BrClNS/c1-3-17-13(14-9(2)7-8-18-14)10-5-4-6-11(15)12(10)16/h4-8,13,17H,3H2,1-2H3. The van der Waals surface area contributed by atoms with Crippen LogP contribution >= 0.6 is 38.9 Å². The van der Waals surface area contributed by atoms with Gasteiger partial charge in [-0.25, -0.2) is 0 Å². The van der Waals surface area contributed by atoms with Crippen LogP contribution in [-0.4, -0.2) is 6.54 Å². The Labute approximate surface area is 125 Å². The molecule has 0 spiro atoms. The molecule has 0 aliphatic rings. The lowest BCUT2D eigenvalue weighted by Gasteiger charge is -2.20. The summed E-state index contributed by atoms with van der Waals surface area (Å²) in [6, 6.07) is 8.39. The largest absolute Gasteiger partial charge is 0.306 e. The number of benzene rings is 1. The summed E-state index contributed by atoms with van der Waals surface area (Å²) in [6.07, 6.45) is 0. The average molecular weight is 345 g/mol. The van der Waals surface area contributed by atoms with E-state index in [1.54, 1.807) is 11.3 Å². The SMILES string of the molecule is CCNC(c1cccc(Br)c1Cl)c1sccc1C. The lowest BCUT2D eigenvalue weighted by atomic mass is 10.0. The van der Waals surface area contributed by atoms with Gasteiger partial charge >= 0.3 is 0 Å². The fourth-order valence-electron chi connectivity index (χ4n) is 1.97. The van der Waals surface area contributed by atoms with Crippen molar-refractivity contribution in [2.75, 3.05) is 6.54 Å². The fraction of sp³-hybridized carbons (Fsp3) is 0.286. The molecule has 0 aliphatic heterocycles. The molecule has 1 aromatic heterocycles. The van der Waals surface area contributed by atoms with Crippen LogP contribution < -0.4 is 5.32 Å². The van der Waals surface area contributed by atoms with Crippen molar-refractivity contribution in [3.05, 3.63) is 55.1 Å². The molecule has 1 unspecified atom stereocenters. The highest BCUT2D eigenvalue weighted by molar-refractivity contribution is 9.10. The van der Waals surface area contributed by atoms with Crippen molar-refractivity contribution >= 4 is 38.9 Å². The monoisotopic (exact) mass is 343 g/mol. The van der Waals surface area contributed by atoms with Gasteiger partial charge < -0.3 is 5.32 Å². The number of aryl methyl sites for hydroxylation is 1. The van der Waals surface area contributed by atoms with Gasteiger partial charge in [0.25, 0.3) is 0 Å². The highest BCUT2D eigenvalue weighted by Crippen LogP contribution is 2.36. The molecular formula is C14H15BrClNS. The van der Waals surface area contributed by atoms with Crippen LogP contribution in [0.4, 0.5) is 0 Å². The van der Waals surface area contributed by atoms with E-state index < -0.39 is 0 Å². The van der Waals surface area contributed by atoms with E-state index in [9.17, 15) is 0 Å². The van der Waals surface area contributed by atoms with Gasteiger partial charge in [0.05, 0.1) is 11.1 Å². The van der Waals surface area contributed by atoms with Crippen molar-refractivity contribution in [3.63, 3.8) is 0 Å². The summed E-state index contributed by atoms with van der Waals surface area (Å²) in [5.74, 6) is 0. The van der Waals surface area contributed by atoms with Crippen molar-refractivity contribution in [1.29, 1.82) is 0 Å². The van der Waals surface area contributed by atoms with Crippen LogP contribution in [0, 0.1) is 6.92 Å². The van der Waals surface area contributed by atoms with Crippen molar-refractivity contribution in [2.24, 2.45) is 0 Å². The van der Waals surface area contributed by atoms with E-state index in [2.05, 4.69) is 52.6 Å². The zero-order valence-electron chi connectivity index (χ0n) is 10.3. The van der Waals surface area contributed by atoms with Crippen molar-refractivity contribution in [1.82, 2.24) is 5.32 Å². The Kier molecular flexibility index (Phi) is 4.84. The highest BCUT2D eigenvalue weighted by atomic mass is 79.9. The third-order valence-corrected chi connectivity index (χ3v) is 5.26. The fourth-order valence-corrected chi connectivity index (χ4v) is 3.61. The predicted octanol–water partition coefficient (Wildman–Crippen LogP) is 5.17. The average Bonchev–Trinajstić information content (AvgIpc) is 2.76. The van der Waals surface area contributed by atoms with E-state index in [1.165, 1.54) is 10.4 Å². The zero-order valence-corrected chi connectivity index (χ0v) is 13.5. The van der Waals surface area contributed by atoms with E-state index in [4.69, 9.17) is 11.6 Å². The molecule has 1 aromatic carbocycles. The summed E-state index contributed by atoms with van der Waals surface area (Å²) in [6.45, 7) is 5.16. The molecule has 0 radical (unpaired) electrons. The summed E-state index contributed by atoms with van der Waals surface area (Å²) < 4.78 is 0.943. The minimum absolute atomic E-state index is 0.167. The Morgan fingerprint density at radius 1 is 1.39 bits per heavy atom. The van der Waals surface area contributed by atoms with Crippen molar-refractivity contribution in [3.8, 4) is 0 Å². The predicted molar refractivity (Wildman–Crippen MR) is 83.7 cm³/mol. The number of thiophene rings is 1. The van der Waals surface area contributed by atoms with Crippen LogP contribution in [0.25, 0.3) is 0 Å². The third kappa shape index (κ3) is 2.80. The maximum Gasteiger partial charge on any atom is 0.0688 e. The Morgan fingerprint density at radius 3 is 2.78 bits per heavy atom. The molecule has 1 N–H and O–H groups in total. The van der Waals surface area contributed by atoms with Crippen LogP contribution in [0.15, 0.2) is 34.1 Å². The molecule has 0 saturated heterocycles. The smallest absolute Gasteiger partial charge is 0.0688 e. The van der Waals surface area contributed by atoms with Crippen LogP contribution in [0.5, 0.6) is 0 Å². The first-order valence-electron chi connectivity index (χ1n) is 5.86. The van der Waals surface area contributed by atoms with Gasteiger partial charge in [0.1, 0.15) is 0 Å². The Balaban J connectivity index is 2.48. The van der Waals surface area contributed by atoms with Gasteiger partial charge in [0.2, 0.25) is 0 Å². The molecule has 0 fully saturated rings. The molecule has 2 aromatic rings. The second-order valence-corrected chi connectivity index (χ2v) is 6.28. The van der Waals surface area contributed by atoms with Gasteiger partial charge in [0.15, 0.2) is 0 Å². The van der Waals surface area contributed by atoms with E-state index in [0.29, 0.717) is 0 Å². The van der Waals surface area contributed by atoms with Crippen molar-refractivity contribution < 1.29 is 0 Å². The molecule has 0 amide bonds. The molecule has 0 saturated carbocycles. The van der Waals surface area contributed by atoms with E-state index in [1.807, 2.05) is 12.1 Å². The van der Waals surface area contributed by atoms with Crippen LogP contribution in [0.2, 0.25) is 5.02 Å². The lowest BCUT2D eigenvalue weighted by molar-refractivity contribution is 0.637. The van der Waals surface area contributed by atoms with Gasteiger partial charge in [-0.15, -0.1) is 11.3 Å². The summed E-state index contributed by atoms with van der Waals surface area (Å²) in [4.78, 5) is 1.33. The molecule has 4 heteroatoms. The first-order valence-corrected chi connectivity index (χ1v) is 7.91. The van der Waals surface area contributed by atoms with Gasteiger partial charge in [-0.1, -0.05) is 30.7 Å². The van der Waals surface area contributed by atoms with Gasteiger partial charge in [0, 0.05) is 9.35 Å². The number of hydrogen-bond acceptors (Lipinski definition) is 2. The number of hydrogen-bond donors (Lipinski definition) is 1. The minimum atomic E-state index is 0.167. The Bertz CT molecular complexity index is 538. The maximum absolute atomic E-state index is 6.41. The third-order valence-electron chi connectivity index (χ3n) is 2.86. The molecule has 0 aliphatic carbocycles. The van der Waals surface area contributed by atoms with Gasteiger partial charge in [-0.3, -0.25) is 0 Å². The normalized spacial score (nSPS) is 12.7. The summed E-state index contributed by atoms with van der Waals surface area (Å²) in [7, 11) is 0. The number of rotatable bonds is 4. The van der Waals surface area contributed by atoms with E-state index in [0.717, 1.165) is 21.6 Å². The molecule has 18 heavy (non-hydrogen) atoms. The summed E-state index contributed by atoms with van der Waals surface area (Å²) in [5, 5.41) is 6.43. The minimum Gasteiger partial charge on any atom is -0.306 e. The second-order valence-electron chi connectivity index (χ2n) is 4.10. The first-order chi connectivity index (χ1) is 8.65. The van der Waals surface area contributed by atoms with Crippen LogP contribution in [-0.2, 0) is 0 Å². The van der Waals surface area contributed by atoms with Gasteiger partial charge in [-0.05, 0) is 58.0 Å². The summed E-state index contributed by atoms with van der Waals surface area (Å²) in [5.41, 5.74) is 2.43. The second kappa shape index (κ2) is 6.20. The molecular weight excluding hydrogens is 330 g/mol. The lowest BCUT2D eigenvalue weighted by Crippen LogP contribution is -2.22. The van der Waals surface area contributed by atoms with E-state index in [-0.39, 0.29) is 6.04 Å². The quantitative estimate of drug-likeness (QED) is 0.806. The van der Waals surface area contributed by atoms with E-state index >= 15 is 0 Å². The molecule has 1 nitrogen and oxygen atoms in total. The molecule has 96 valence electrons. The van der Waals surface area contributed by atoms with Gasteiger partial charge in [-0.2, -0.15) is 0 Å². The number of halogens is 2. The Hall–Kier alpha value is -0.350. The molecule has 2 rings (SSSR count). The number of nitrogens with one attached hydrogen (secondary N) is 1. The van der Waals surface area contributed by atoms with Crippen LogP contribution in [0.1, 0.15) is 29.0 Å². The molecule has 1 heterocycles. The van der Waals surface area contributed by atoms with Crippen LogP contribution in [0.3, 0.4) is 0 Å². The maximum atomic E-state index is 6.41. The molecule has 1 atom stereocenters. The highest BCUT2D eigenvalue weighted by Gasteiger charge is 2.19. The summed E-state index contributed by atoms with van der Waals surface area (Å²) >= 11 is 11.7. The Morgan fingerprint density at radius 2 is 2.17 bits per heavy atom. The first kappa shape index (κ1) is 14.1. The molecule has 0 bridgehead atoms. The topological polar surface area (TPSA) is 12.0 Å². The van der Waals surface area contributed by atoms with Crippen molar-refractivity contribution in [2.45, 2.75) is 19.9 Å².